The minimum atomic E-state index is -0.297. The Kier molecular flexibility index (Phi) is 2.97. The van der Waals surface area contributed by atoms with Crippen molar-refractivity contribution in [2.24, 2.45) is 5.92 Å². The first-order valence-corrected chi connectivity index (χ1v) is 5.85. The molecule has 0 N–H and O–H groups in total. The lowest BCUT2D eigenvalue weighted by molar-refractivity contribution is 0.354. The molecule has 0 spiro atoms. The molecular weight excluding hydrogens is 214 g/mol. The average Bonchev–Trinajstić information content (AvgIpc) is 3.13. The molecule has 90 valence electrons. The zero-order chi connectivity index (χ0) is 12.5. The van der Waals surface area contributed by atoms with E-state index in [0.29, 0.717) is 17.4 Å². The Morgan fingerprint density at radius 2 is 2.06 bits per heavy atom. The first-order chi connectivity index (χ1) is 8.21. The number of methoxy groups -OCH3 is 2. The third kappa shape index (κ3) is 1.74. The van der Waals surface area contributed by atoms with Crippen LogP contribution in [0.5, 0.6) is 11.5 Å². The Bertz CT molecular complexity index is 464. The lowest BCUT2D eigenvalue weighted by Gasteiger charge is -2.13. The lowest BCUT2D eigenvalue weighted by Crippen LogP contribution is -2.07. The predicted molar refractivity (Wildman–Crippen MR) is 65.2 cm³/mol. The molecule has 0 radical (unpaired) electrons. The molecule has 1 saturated carbocycles. The van der Waals surface area contributed by atoms with Gasteiger partial charge in [0, 0.05) is 0 Å². The molecule has 1 fully saturated rings. The SMILES string of the molecule is CCC1CC1(C#N)c1ccc(OC)c(OC)c1. The van der Waals surface area contributed by atoms with Crippen LogP contribution < -0.4 is 9.47 Å². The number of ether oxygens (including phenoxy) is 2. The van der Waals surface area contributed by atoms with Crippen molar-refractivity contribution in [3.63, 3.8) is 0 Å². The largest absolute Gasteiger partial charge is 0.493 e. The Balaban J connectivity index is 2.38. The van der Waals surface area contributed by atoms with E-state index >= 15 is 0 Å². The summed E-state index contributed by atoms with van der Waals surface area (Å²) in [4.78, 5) is 0. The van der Waals surface area contributed by atoms with Crippen molar-refractivity contribution >= 4 is 0 Å². The summed E-state index contributed by atoms with van der Waals surface area (Å²) >= 11 is 0. The number of hydrogen-bond donors (Lipinski definition) is 0. The van der Waals surface area contributed by atoms with E-state index in [1.165, 1.54) is 0 Å². The summed E-state index contributed by atoms with van der Waals surface area (Å²) in [6.45, 7) is 2.13. The fourth-order valence-electron chi connectivity index (χ4n) is 2.49. The maximum Gasteiger partial charge on any atom is 0.161 e. The van der Waals surface area contributed by atoms with Crippen LogP contribution in [0.15, 0.2) is 18.2 Å². The minimum Gasteiger partial charge on any atom is -0.493 e. The summed E-state index contributed by atoms with van der Waals surface area (Å²) in [5, 5.41) is 9.38. The van der Waals surface area contributed by atoms with Crippen LogP contribution in [0, 0.1) is 17.2 Å². The highest BCUT2D eigenvalue weighted by Gasteiger charge is 2.55. The van der Waals surface area contributed by atoms with Crippen LogP contribution in [-0.4, -0.2) is 14.2 Å². The highest BCUT2D eigenvalue weighted by atomic mass is 16.5. The monoisotopic (exact) mass is 231 g/mol. The van der Waals surface area contributed by atoms with E-state index < -0.39 is 0 Å². The Morgan fingerprint density at radius 3 is 2.53 bits per heavy atom. The second-order valence-corrected chi connectivity index (χ2v) is 4.46. The second-order valence-electron chi connectivity index (χ2n) is 4.46. The van der Waals surface area contributed by atoms with Gasteiger partial charge in [-0.1, -0.05) is 19.4 Å². The van der Waals surface area contributed by atoms with Gasteiger partial charge in [0.05, 0.1) is 25.7 Å². The molecule has 1 aliphatic carbocycles. The minimum absolute atomic E-state index is 0.297. The highest BCUT2D eigenvalue weighted by Crippen LogP contribution is 2.56. The van der Waals surface area contributed by atoms with Gasteiger partial charge in [-0.3, -0.25) is 0 Å². The van der Waals surface area contributed by atoms with Gasteiger partial charge in [-0.15, -0.1) is 0 Å². The van der Waals surface area contributed by atoms with Gasteiger partial charge in [0.15, 0.2) is 11.5 Å². The normalized spacial score (nSPS) is 26.1. The standard InChI is InChI=1S/C14H17NO2/c1-4-10-8-14(10,9-15)11-5-6-12(16-2)13(7-11)17-3/h5-7,10H,4,8H2,1-3H3. The van der Waals surface area contributed by atoms with E-state index in [0.717, 1.165) is 18.4 Å². The van der Waals surface area contributed by atoms with Gasteiger partial charge < -0.3 is 9.47 Å². The molecular formula is C14H17NO2. The smallest absolute Gasteiger partial charge is 0.161 e. The third-order valence-corrected chi connectivity index (χ3v) is 3.70. The fourth-order valence-corrected chi connectivity index (χ4v) is 2.49. The summed E-state index contributed by atoms with van der Waals surface area (Å²) in [6.07, 6.45) is 2.00. The van der Waals surface area contributed by atoms with Crippen LogP contribution in [0.2, 0.25) is 0 Å². The zero-order valence-corrected chi connectivity index (χ0v) is 10.5. The van der Waals surface area contributed by atoms with E-state index in [4.69, 9.17) is 9.47 Å². The molecule has 1 aromatic rings. The van der Waals surface area contributed by atoms with Crippen molar-refractivity contribution in [2.75, 3.05) is 14.2 Å². The van der Waals surface area contributed by atoms with Crippen LogP contribution in [-0.2, 0) is 5.41 Å². The molecule has 0 heterocycles. The molecule has 0 aromatic heterocycles. The van der Waals surface area contributed by atoms with Gasteiger partial charge in [0.2, 0.25) is 0 Å². The zero-order valence-electron chi connectivity index (χ0n) is 10.5. The first kappa shape index (κ1) is 11.8. The summed E-state index contributed by atoms with van der Waals surface area (Å²) in [5.74, 6) is 1.88. The number of hydrogen-bond acceptors (Lipinski definition) is 3. The molecule has 3 heteroatoms. The van der Waals surface area contributed by atoms with E-state index in [2.05, 4.69) is 13.0 Å². The van der Waals surface area contributed by atoms with Gasteiger partial charge in [-0.05, 0) is 30.0 Å². The van der Waals surface area contributed by atoms with E-state index in [1.54, 1.807) is 14.2 Å². The molecule has 2 atom stereocenters. The topological polar surface area (TPSA) is 42.2 Å². The van der Waals surface area contributed by atoms with Crippen molar-refractivity contribution in [1.82, 2.24) is 0 Å². The van der Waals surface area contributed by atoms with Crippen LogP contribution >= 0.6 is 0 Å². The summed E-state index contributed by atoms with van der Waals surface area (Å²) in [5.41, 5.74) is 0.749. The maximum atomic E-state index is 9.38. The van der Waals surface area contributed by atoms with E-state index in [1.807, 2.05) is 18.2 Å². The average molecular weight is 231 g/mol. The van der Waals surface area contributed by atoms with Gasteiger partial charge in [-0.2, -0.15) is 5.26 Å². The molecule has 0 saturated heterocycles. The Morgan fingerprint density at radius 1 is 1.35 bits per heavy atom. The third-order valence-electron chi connectivity index (χ3n) is 3.70. The van der Waals surface area contributed by atoms with Gasteiger partial charge in [-0.25, -0.2) is 0 Å². The molecule has 3 nitrogen and oxygen atoms in total. The first-order valence-electron chi connectivity index (χ1n) is 5.85. The molecule has 0 bridgehead atoms. The number of nitriles is 1. The molecule has 1 aromatic carbocycles. The van der Waals surface area contributed by atoms with Gasteiger partial charge >= 0.3 is 0 Å². The quantitative estimate of drug-likeness (QED) is 0.800. The van der Waals surface area contributed by atoms with Gasteiger partial charge in [0.25, 0.3) is 0 Å². The molecule has 17 heavy (non-hydrogen) atoms. The van der Waals surface area contributed by atoms with Crippen LogP contribution in [0.4, 0.5) is 0 Å². The van der Waals surface area contributed by atoms with Crippen LogP contribution in [0.25, 0.3) is 0 Å². The van der Waals surface area contributed by atoms with Crippen molar-refractivity contribution in [3.8, 4) is 17.6 Å². The van der Waals surface area contributed by atoms with Gasteiger partial charge in [0.1, 0.15) is 0 Å². The van der Waals surface area contributed by atoms with Crippen molar-refractivity contribution < 1.29 is 9.47 Å². The Hall–Kier alpha value is -1.69. The van der Waals surface area contributed by atoms with E-state index in [-0.39, 0.29) is 5.41 Å². The molecule has 0 amide bonds. The molecule has 0 aliphatic heterocycles. The lowest BCUT2D eigenvalue weighted by atomic mass is 9.93. The summed E-state index contributed by atoms with van der Waals surface area (Å²) in [6, 6.07) is 8.24. The summed E-state index contributed by atoms with van der Waals surface area (Å²) in [7, 11) is 3.23. The number of benzene rings is 1. The van der Waals surface area contributed by atoms with Crippen molar-refractivity contribution in [3.05, 3.63) is 23.8 Å². The maximum absolute atomic E-state index is 9.38. The van der Waals surface area contributed by atoms with Crippen LogP contribution in [0.1, 0.15) is 25.3 Å². The number of nitrogens with zero attached hydrogens (tertiary/aromatic N) is 1. The molecule has 1 aliphatic rings. The van der Waals surface area contributed by atoms with Crippen LogP contribution in [0.3, 0.4) is 0 Å². The fraction of sp³-hybridized carbons (Fsp3) is 0.500. The Labute approximate surface area is 102 Å². The molecule has 2 rings (SSSR count). The molecule has 2 unspecified atom stereocenters. The second kappa shape index (κ2) is 4.29. The highest BCUT2D eigenvalue weighted by molar-refractivity contribution is 5.50. The number of rotatable bonds is 4. The summed E-state index contributed by atoms with van der Waals surface area (Å²) < 4.78 is 10.5. The van der Waals surface area contributed by atoms with Crippen molar-refractivity contribution in [1.29, 1.82) is 5.26 Å². The predicted octanol–water partition coefficient (Wildman–Crippen LogP) is 2.90. The van der Waals surface area contributed by atoms with Crippen molar-refractivity contribution in [2.45, 2.75) is 25.2 Å². The van der Waals surface area contributed by atoms with E-state index in [9.17, 15) is 5.26 Å².